The van der Waals surface area contributed by atoms with Crippen molar-refractivity contribution in [2.75, 3.05) is 29.2 Å². The van der Waals surface area contributed by atoms with Crippen LogP contribution in [-0.2, 0) is 0 Å². The van der Waals surface area contributed by atoms with E-state index in [1.54, 1.807) is 6.33 Å². The Balaban J connectivity index is 2.11. The Labute approximate surface area is 106 Å². The van der Waals surface area contributed by atoms with Crippen molar-refractivity contribution in [3.05, 3.63) is 12.4 Å². The summed E-state index contributed by atoms with van der Waals surface area (Å²) in [6.07, 6.45) is 2.71. The molecule has 0 radical (unpaired) electrons. The van der Waals surface area contributed by atoms with Crippen molar-refractivity contribution in [1.29, 1.82) is 0 Å². The summed E-state index contributed by atoms with van der Waals surface area (Å²) in [4.78, 5) is 10.6. The van der Waals surface area contributed by atoms with E-state index in [2.05, 4.69) is 34.1 Å². The molecule has 1 saturated heterocycles. The number of nitrogens with two attached hydrogens (primary N) is 1. The van der Waals surface area contributed by atoms with Crippen LogP contribution >= 0.6 is 11.8 Å². The van der Waals surface area contributed by atoms with Crippen molar-refractivity contribution in [3.63, 3.8) is 0 Å². The van der Waals surface area contributed by atoms with Gasteiger partial charge >= 0.3 is 0 Å². The highest BCUT2D eigenvalue weighted by molar-refractivity contribution is 8.00. The molecule has 17 heavy (non-hydrogen) atoms. The van der Waals surface area contributed by atoms with E-state index >= 15 is 0 Å². The summed E-state index contributed by atoms with van der Waals surface area (Å²) in [5.74, 6) is 8.10. The maximum atomic E-state index is 5.36. The average Bonchev–Trinajstić information content (AvgIpc) is 2.50. The predicted molar refractivity (Wildman–Crippen MR) is 73.2 cm³/mol. The molecular formula is C11H19N5S. The molecule has 0 spiro atoms. The maximum Gasteiger partial charge on any atom is 0.145 e. The number of nitrogens with one attached hydrogen (secondary N) is 1. The maximum absolute atomic E-state index is 5.36. The lowest BCUT2D eigenvalue weighted by molar-refractivity contribution is 0.635. The quantitative estimate of drug-likeness (QED) is 0.615. The number of anilines is 2. The number of nitrogen functional groups attached to an aromatic ring is 1. The molecule has 1 aromatic rings. The molecule has 1 fully saturated rings. The van der Waals surface area contributed by atoms with Crippen molar-refractivity contribution >= 4 is 23.4 Å². The third kappa shape index (κ3) is 3.23. The Kier molecular flexibility index (Phi) is 3.73. The number of hydrazine groups is 1. The van der Waals surface area contributed by atoms with Crippen LogP contribution in [0.2, 0.25) is 0 Å². The Morgan fingerprint density at radius 2 is 2.24 bits per heavy atom. The summed E-state index contributed by atoms with van der Waals surface area (Å²) in [6, 6.07) is 1.89. The van der Waals surface area contributed by atoms with Crippen molar-refractivity contribution in [3.8, 4) is 0 Å². The molecule has 94 valence electrons. The van der Waals surface area contributed by atoms with Gasteiger partial charge in [-0.1, -0.05) is 13.8 Å². The molecule has 2 heterocycles. The van der Waals surface area contributed by atoms with Gasteiger partial charge in [0.2, 0.25) is 0 Å². The summed E-state index contributed by atoms with van der Waals surface area (Å²) in [5, 5.41) is 0. The molecule has 1 aliphatic rings. The van der Waals surface area contributed by atoms with Gasteiger partial charge in [0.05, 0.1) is 0 Å². The fourth-order valence-electron chi connectivity index (χ4n) is 1.85. The van der Waals surface area contributed by atoms with Gasteiger partial charge in [0.25, 0.3) is 0 Å². The lowest BCUT2D eigenvalue weighted by atomic mass is 10.1. The first-order valence-corrected chi connectivity index (χ1v) is 6.77. The zero-order chi connectivity index (χ0) is 12.3. The monoisotopic (exact) mass is 253 g/mol. The SMILES string of the molecule is CC1(C)CCN(c2cc(NN)ncn2)CCS1. The van der Waals surface area contributed by atoms with Crippen LogP contribution in [0, 0.1) is 0 Å². The first kappa shape index (κ1) is 12.4. The lowest BCUT2D eigenvalue weighted by Gasteiger charge is -2.23. The van der Waals surface area contributed by atoms with E-state index in [4.69, 9.17) is 5.84 Å². The Bertz CT molecular complexity index is 382. The zero-order valence-electron chi connectivity index (χ0n) is 10.3. The minimum Gasteiger partial charge on any atom is -0.356 e. The summed E-state index contributed by atoms with van der Waals surface area (Å²) >= 11 is 2.02. The zero-order valence-corrected chi connectivity index (χ0v) is 11.1. The summed E-state index contributed by atoms with van der Waals surface area (Å²) < 4.78 is 0.358. The Hall–Kier alpha value is -1.01. The number of hydrogen-bond donors (Lipinski definition) is 2. The van der Waals surface area contributed by atoms with Gasteiger partial charge < -0.3 is 10.3 Å². The summed E-state index contributed by atoms with van der Waals surface area (Å²) in [5.41, 5.74) is 2.56. The predicted octanol–water partition coefficient (Wildman–Crippen LogP) is 1.48. The molecule has 0 aromatic carbocycles. The van der Waals surface area contributed by atoms with E-state index < -0.39 is 0 Å². The molecule has 0 unspecified atom stereocenters. The van der Waals surface area contributed by atoms with Crippen LogP contribution in [0.15, 0.2) is 12.4 Å². The number of thioether (sulfide) groups is 1. The average molecular weight is 253 g/mol. The number of aromatic nitrogens is 2. The van der Waals surface area contributed by atoms with E-state index in [0.29, 0.717) is 10.6 Å². The van der Waals surface area contributed by atoms with E-state index in [1.807, 2.05) is 17.8 Å². The largest absolute Gasteiger partial charge is 0.356 e. The molecule has 0 amide bonds. The third-order valence-corrected chi connectivity index (χ3v) is 4.33. The van der Waals surface area contributed by atoms with Crippen LogP contribution < -0.4 is 16.2 Å². The molecule has 2 rings (SSSR count). The van der Waals surface area contributed by atoms with Gasteiger partial charge in [0, 0.05) is 29.7 Å². The van der Waals surface area contributed by atoms with E-state index in [-0.39, 0.29) is 0 Å². The second kappa shape index (κ2) is 5.10. The molecule has 1 aliphatic heterocycles. The lowest BCUT2D eigenvalue weighted by Crippen LogP contribution is -2.28. The normalized spacial score (nSPS) is 19.8. The molecule has 6 heteroatoms. The highest BCUT2D eigenvalue weighted by atomic mass is 32.2. The molecule has 0 aliphatic carbocycles. The summed E-state index contributed by atoms with van der Waals surface area (Å²) in [7, 11) is 0. The van der Waals surface area contributed by atoms with Crippen LogP contribution in [0.3, 0.4) is 0 Å². The molecule has 0 saturated carbocycles. The first-order chi connectivity index (χ1) is 8.11. The van der Waals surface area contributed by atoms with Crippen molar-refractivity contribution in [1.82, 2.24) is 9.97 Å². The molecular weight excluding hydrogens is 234 g/mol. The van der Waals surface area contributed by atoms with Gasteiger partial charge in [-0.3, -0.25) is 0 Å². The molecule has 1 aromatic heterocycles. The third-order valence-electron chi connectivity index (χ3n) is 2.96. The van der Waals surface area contributed by atoms with Crippen LogP contribution in [0.5, 0.6) is 0 Å². The van der Waals surface area contributed by atoms with Gasteiger partial charge in [-0.05, 0) is 6.42 Å². The second-order valence-electron chi connectivity index (χ2n) is 4.75. The highest BCUT2D eigenvalue weighted by Gasteiger charge is 2.24. The van der Waals surface area contributed by atoms with Gasteiger partial charge in [-0.2, -0.15) is 11.8 Å². The van der Waals surface area contributed by atoms with E-state index in [0.717, 1.165) is 31.1 Å². The van der Waals surface area contributed by atoms with Crippen molar-refractivity contribution < 1.29 is 0 Å². The second-order valence-corrected chi connectivity index (χ2v) is 6.55. The number of hydrogen-bond acceptors (Lipinski definition) is 6. The van der Waals surface area contributed by atoms with Gasteiger partial charge in [-0.25, -0.2) is 15.8 Å². The first-order valence-electron chi connectivity index (χ1n) is 5.78. The standard InChI is InChI=1S/C11H19N5S/c1-11(2)3-4-16(5-6-17-11)10-7-9(15-12)13-8-14-10/h7-8H,3-6,12H2,1-2H3,(H,13,14,15). The number of nitrogens with zero attached hydrogens (tertiary/aromatic N) is 3. The minimum absolute atomic E-state index is 0.358. The topological polar surface area (TPSA) is 67.1 Å². The van der Waals surface area contributed by atoms with Gasteiger partial charge in [-0.15, -0.1) is 0 Å². The van der Waals surface area contributed by atoms with Gasteiger partial charge in [0.1, 0.15) is 18.0 Å². The van der Waals surface area contributed by atoms with Crippen molar-refractivity contribution in [2.45, 2.75) is 25.0 Å². The van der Waals surface area contributed by atoms with Crippen molar-refractivity contribution in [2.24, 2.45) is 5.84 Å². The smallest absolute Gasteiger partial charge is 0.145 e. The fraction of sp³-hybridized carbons (Fsp3) is 0.636. The highest BCUT2D eigenvalue weighted by Crippen LogP contribution is 2.31. The van der Waals surface area contributed by atoms with Crippen LogP contribution in [-0.4, -0.2) is 33.6 Å². The van der Waals surface area contributed by atoms with Crippen LogP contribution in [0.1, 0.15) is 20.3 Å². The molecule has 5 nitrogen and oxygen atoms in total. The minimum atomic E-state index is 0.358. The molecule has 0 bridgehead atoms. The van der Waals surface area contributed by atoms with Crippen LogP contribution in [0.4, 0.5) is 11.6 Å². The van der Waals surface area contributed by atoms with Crippen LogP contribution in [0.25, 0.3) is 0 Å². The van der Waals surface area contributed by atoms with Gasteiger partial charge in [0.15, 0.2) is 0 Å². The fourth-order valence-corrected chi connectivity index (χ4v) is 2.95. The molecule has 0 atom stereocenters. The Morgan fingerprint density at radius 3 is 3.00 bits per heavy atom. The van der Waals surface area contributed by atoms with E-state index in [9.17, 15) is 0 Å². The molecule has 3 N–H and O–H groups in total. The van der Waals surface area contributed by atoms with E-state index in [1.165, 1.54) is 0 Å². The number of rotatable bonds is 2. The Morgan fingerprint density at radius 1 is 1.41 bits per heavy atom. The summed E-state index contributed by atoms with van der Waals surface area (Å²) in [6.45, 7) is 6.65.